The third-order valence-corrected chi connectivity index (χ3v) is 8.44. The van der Waals surface area contributed by atoms with Crippen molar-refractivity contribution in [3.8, 4) is 0 Å². The first-order valence-electron chi connectivity index (χ1n) is 9.81. The van der Waals surface area contributed by atoms with Crippen LogP contribution in [0, 0.1) is 6.92 Å². The van der Waals surface area contributed by atoms with E-state index in [4.69, 9.17) is 4.74 Å². The van der Waals surface area contributed by atoms with Gasteiger partial charge in [-0.05, 0) is 38.0 Å². The second-order valence-corrected chi connectivity index (χ2v) is 10.3. The number of amides is 1. The van der Waals surface area contributed by atoms with E-state index in [1.165, 1.54) is 16.4 Å². The molecular formula is C20H22N4O4S2. The van der Waals surface area contributed by atoms with Gasteiger partial charge in [0, 0.05) is 37.1 Å². The maximum atomic E-state index is 13.3. The molecule has 4 aliphatic heterocycles. The summed E-state index contributed by atoms with van der Waals surface area (Å²) in [4.78, 5) is 14.5. The zero-order valence-corrected chi connectivity index (χ0v) is 18.1. The highest BCUT2D eigenvalue weighted by Crippen LogP contribution is 2.37. The molecule has 0 saturated carbocycles. The summed E-state index contributed by atoms with van der Waals surface area (Å²) in [6, 6.07) is 5.88. The fourth-order valence-corrected chi connectivity index (χ4v) is 6.61. The van der Waals surface area contributed by atoms with Gasteiger partial charge in [0.25, 0.3) is 0 Å². The van der Waals surface area contributed by atoms with E-state index in [1.54, 1.807) is 27.6 Å². The number of carbonyl (C=O) groups excluding carboxylic acids is 1. The van der Waals surface area contributed by atoms with Crippen LogP contribution in [-0.2, 0) is 21.4 Å². The minimum atomic E-state index is -3.63. The summed E-state index contributed by atoms with van der Waals surface area (Å²) in [7, 11) is -3.63. The number of hydrogen-bond acceptors (Lipinski definition) is 7. The summed E-state index contributed by atoms with van der Waals surface area (Å²) in [6.07, 6.45) is 7.65. The fourth-order valence-electron chi connectivity index (χ4n) is 4.25. The molecule has 0 bridgehead atoms. The molecule has 8 nitrogen and oxygen atoms in total. The number of carbonyl (C=O) groups is 1. The lowest BCUT2D eigenvalue weighted by atomic mass is 10.0. The number of aryl methyl sites for hydroxylation is 1. The third-order valence-electron chi connectivity index (χ3n) is 5.75. The Morgan fingerprint density at radius 2 is 2.03 bits per heavy atom. The SMILES string of the molecule is Cc1ccc2c(c1)COC(=O)N2C1CCN(S(=O)(=O)C2=CC=CN3SNC=C23)CC1. The van der Waals surface area contributed by atoms with E-state index in [-0.39, 0.29) is 18.7 Å². The number of ether oxygens (including phenoxy) is 1. The normalized spacial score (nSPS) is 22.1. The number of fused-ring (bicyclic) bond motifs is 2. The Balaban J connectivity index is 1.34. The summed E-state index contributed by atoms with van der Waals surface area (Å²) >= 11 is 1.33. The van der Waals surface area contributed by atoms with Crippen molar-refractivity contribution in [3.63, 3.8) is 0 Å². The molecule has 1 aromatic carbocycles. The van der Waals surface area contributed by atoms with E-state index in [2.05, 4.69) is 4.72 Å². The average molecular weight is 447 g/mol. The van der Waals surface area contributed by atoms with Gasteiger partial charge in [0.05, 0.1) is 23.5 Å². The van der Waals surface area contributed by atoms with Crippen LogP contribution in [0.2, 0.25) is 0 Å². The van der Waals surface area contributed by atoms with E-state index in [0.717, 1.165) is 16.8 Å². The second-order valence-electron chi connectivity index (χ2n) is 7.63. The molecule has 0 aromatic heterocycles. The Labute approximate surface area is 180 Å². The number of piperidine rings is 1. The number of anilines is 1. The van der Waals surface area contributed by atoms with E-state index in [1.807, 2.05) is 31.3 Å². The Hall–Kier alpha value is -2.43. The van der Waals surface area contributed by atoms with Crippen LogP contribution in [0.4, 0.5) is 10.5 Å². The summed E-state index contributed by atoms with van der Waals surface area (Å²) in [5, 5.41) is 0. The van der Waals surface area contributed by atoms with Gasteiger partial charge in [0.2, 0.25) is 10.0 Å². The van der Waals surface area contributed by atoms with Gasteiger partial charge in [0.1, 0.15) is 11.5 Å². The van der Waals surface area contributed by atoms with Crippen LogP contribution in [-0.4, -0.2) is 42.3 Å². The number of allylic oxidation sites excluding steroid dienone is 2. The van der Waals surface area contributed by atoms with E-state index < -0.39 is 10.0 Å². The highest BCUT2D eigenvalue weighted by atomic mass is 32.2. The van der Waals surface area contributed by atoms with Crippen molar-refractivity contribution in [2.45, 2.75) is 32.4 Å². The average Bonchev–Trinajstić information content (AvgIpc) is 3.23. The number of cyclic esters (lactones) is 1. The molecule has 30 heavy (non-hydrogen) atoms. The highest BCUT2D eigenvalue weighted by Gasteiger charge is 2.39. The quantitative estimate of drug-likeness (QED) is 0.715. The van der Waals surface area contributed by atoms with Gasteiger partial charge in [-0.25, -0.2) is 13.2 Å². The predicted octanol–water partition coefficient (Wildman–Crippen LogP) is 2.97. The fraction of sp³-hybridized carbons (Fsp3) is 0.350. The van der Waals surface area contributed by atoms with Crippen molar-refractivity contribution in [2.24, 2.45) is 0 Å². The molecule has 0 unspecified atom stereocenters. The minimum Gasteiger partial charge on any atom is -0.444 e. The zero-order valence-electron chi connectivity index (χ0n) is 16.4. The van der Waals surface area contributed by atoms with Crippen molar-refractivity contribution in [3.05, 3.63) is 64.5 Å². The molecule has 0 spiro atoms. The number of nitrogens with zero attached hydrogens (tertiary/aromatic N) is 3. The Kier molecular flexibility index (Phi) is 4.79. The topological polar surface area (TPSA) is 82.2 Å². The molecule has 1 amide bonds. The lowest BCUT2D eigenvalue weighted by Gasteiger charge is -2.40. The summed E-state index contributed by atoms with van der Waals surface area (Å²) in [5.74, 6) is 0. The van der Waals surface area contributed by atoms with Gasteiger partial charge in [-0.1, -0.05) is 17.7 Å². The van der Waals surface area contributed by atoms with Crippen molar-refractivity contribution in [1.29, 1.82) is 0 Å². The number of rotatable bonds is 3. The number of benzene rings is 1. The van der Waals surface area contributed by atoms with Crippen LogP contribution in [0.25, 0.3) is 0 Å². The number of nitrogens with one attached hydrogen (secondary N) is 1. The molecule has 0 aliphatic carbocycles. The van der Waals surface area contributed by atoms with Gasteiger partial charge in [-0.3, -0.25) is 9.21 Å². The van der Waals surface area contributed by atoms with Gasteiger partial charge < -0.3 is 9.46 Å². The standard InChI is InChI=1S/C20H22N4O4S2/c1-14-4-5-17-15(11-14)13-28-20(25)24(17)16-6-9-22(10-7-16)30(26,27)19-3-2-8-23-18(19)12-21-29-23/h2-5,8,11-12,16,21H,6-7,9-10,13H2,1H3. The zero-order chi connectivity index (χ0) is 20.9. The summed E-state index contributed by atoms with van der Waals surface area (Å²) in [6.45, 7) is 2.99. The van der Waals surface area contributed by atoms with Crippen LogP contribution in [0.15, 0.2) is 53.4 Å². The van der Waals surface area contributed by atoms with Gasteiger partial charge in [0.15, 0.2) is 0 Å². The smallest absolute Gasteiger partial charge is 0.414 e. The first kappa shape index (κ1) is 19.5. The molecule has 5 rings (SSSR count). The van der Waals surface area contributed by atoms with Crippen LogP contribution in [0.1, 0.15) is 24.0 Å². The number of hydrogen-bond donors (Lipinski definition) is 1. The molecule has 0 atom stereocenters. The molecule has 4 heterocycles. The van der Waals surface area contributed by atoms with Crippen molar-refractivity contribution >= 4 is 33.9 Å². The van der Waals surface area contributed by atoms with Gasteiger partial charge in [-0.2, -0.15) is 4.31 Å². The molecule has 1 saturated heterocycles. The Morgan fingerprint density at radius 1 is 1.23 bits per heavy atom. The second kappa shape index (κ2) is 7.36. The maximum Gasteiger partial charge on any atom is 0.414 e. The largest absolute Gasteiger partial charge is 0.444 e. The number of sulfonamides is 1. The van der Waals surface area contributed by atoms with Gasteiger partial charge in [-0.15, -0.1) is 0 Å². The van der Waals surface area contributed by atoms with Crippen LogP contribution in [0.3, 0.4) is 0 Å². The molecular weight excluding hydrogens is 424 g/mol. The molecule has 1 N–H and O–H groups in total. The van der Waals surface area contributed by atoms with E-state index in [0.29, 0.717) is 36.5 Å². The van der Waals surface area contributed by atoms with E-state index in [9.17, 15) is 13.2 Å². The molecule has 1 fully saturated rings. The lowest BCUT2D eigenvalue weighted by molar-refractivity contribution is 0.136. The van der Waals surface area contributed by atoms with Crippen molar-refractivity contribution in [2.75, 3.05) is 18.0 Å². The Morgan fingerprint density at radius 3 is 2.83 bits per heavy atom. The summed E-state index contributed by atoms with van der Waals surface area (Å²) in [5.41, 5.74) is 3.61. The van der Waals surface area contributed by atoms with Gasteiger partial charge >= 0.3 is 6.09 Å². The van der Waals surface area contributed by atoms with Crippen molar-refractivity contribution in [1.82, 2.24) is 13.3 Å². The molecule has 158 valence electrons. The first-order chi connectivity index (χ1) is 14.4. The molecule has 10 heteroatoms. The van der Waals surface area contributed by atoms with Crippen LogP contribution >= 0.6 is 12.1 Å². The maximum absolute atomic E-state index is 13.3. The monoisotopic (exact) mass is 446 g/mol. The third kappa shape index (κ3) is 3.19. The van der Waals surface area contributed by atoms with Crippen LogP contribution < -0.4 is 9.62 Å². The van der Waals surface area contributed by atoms with Crippen molar-refractivity contribution < 1.29 is 17.9 Å². The predicted molar refractivity (Wildman–Crippen MR) is 115 cm³/mol. The Bertz CT molecular complexity index is 1090. The molecule has 0 radical (unpaired) electrons. The molecule has 4 aliphatic rings. The first-order valence-corrected chi connectivity index (χ1v) is 12.0. The van der Waals surface area contributed by atoms with E-state index >= 15 is 0 Å². The molecule has 1 aromatic rings. The van der Waals surface area contributed by atoms with Crippen LogP contribution in [0.5, 0.6) is 0 Å². The minimum absolute atomic E-state index is 0.0923. The lowest BCUT2D eigenvalue weighted by Crippen LogP contribution is -2.50. The summed E-state index contributed by atoms with van der Waals surface area (Å²) < 4.78 is 38.2. The highest BCUT2D eigenvalue weighted by molar-refractivity contribution is 7.96.